The van der Waals surface area contributed by atoms with Crippen molar-refractivity contribution in [2.24, 2.45) is 11.8 Å². The van der Waals surface area contributed by atoms with Crippen LogP contribution in [0, 0.1) is 11.8 Å². The molecule has 0 radical (unpaired) electrons. The standard InChI is InChI=1S/2C25H50O4S.Ca/c2*1-3-5-7-9-11-13-14-15-17-19-21-23-25(24-29-30(26,27)28)22-20-18-16-12-10-8-6-4-2;/h2*20,22,25H,3-19,21,23-24H2,1-2H3,(H,26,27,28);/q;;+2/p-2/b2*22-20+;. The van der Waals surface area contributed by atoms with Gasteiger partial charge in [0, 0.05) is 11.8 Å². The van der Waals surface area contributed by atoms with Gasteiger partial charge in [-0.25, -0.2) is 16.8 Å². The summed E-state index contributed by atoms with van der Waals surface area (Å²) in [5.41, 5.74) is 0. The van der Waals surface area contributed by atoms with Crippen LogP contribution in [-0.4, -0.2) is 76.9 Å². The zero-order chi connectivity index (χ0) is 44.7. The van der Waals surface area contributed by atoms with Crippen LogP contribution in [0.2, 0.25) is 0 Å². The smallest absolute Gasteiger partial charge is 0.726 e. The molecule has 0 aromatic heterocycles. The van der Waals surface area contributed by atoms with E-state index in [1.165, 1.54) is 205 Å². The van der Waals surface area contributed by atoms with Gasteiger partial charge in [-0.3, -0.25) is 8.37 Å². The Hall–Kier alpha value is 0.480. The third-order valence-electron chi connectivity index (χ3n) is 11.5. The van der Waals surface area contributed by atoms with Crippen LogP contribution in [0.3, 0.4) is 0 Å². The van der Waals surface area contributed by atoms with E-state index in [0.717, 1.165) is 38.5 Å². The second-order valence-electron chi connectivity index (χ2n) is 17.5. The van der Waals surface area contributed by atoms with E-state index in [-0.39, 0.29) is 62.8 Å². The van der Waals surface area contributed by atoms with Crippen LogP contribution in [0.1, 0.15) is 272 Å². The summed E-state index contributed by atoms with van der Waals surface area (Å²) in [4.78, 5) is 0. The summed E-state index contributed by atoms with van der Waals surface area (Å²) in [6.07, 6.45) is 55.9. The van der Waals surface area contributed by atoms with Crippen LogP contribution in [-0.2, 0) is 29.2 Å². The molecule has 0 amide bonds. The van der Waals surface area contributed by atoms with Crippen molar-refractivity contribution < 1.29 is 34.3 Å². The first kappa shape index (κ1) is 65.8. The Morgan fingerprint density at radius 2 is 0.574 bits per heavy atom. The van der Waals surface area contributed by atoms with Gasteiger partial charge in [-0.1, -0.05) is 257 Å². The summed E-state index contributed by atoms with van der Waals surface area (Å²) in [6, 6.07) is 0. The molecule has 0 spiro atoms. The molecule has 360 valence electrons. The summed E-state index contributed by atoms with van der Waals surface area (Å²) in [5.74, 6) is 0.0414. The largest absolute Gasteiger partial charge is 2.00 e. The predicted octanol–water partition coefficient (Wildman–Crippen LogP) is 15.8. The maximum atomic E-state index is 10.8. The first-order chi connectivity index (χ1) is 29.0. The Bertz CT molecular complexity index is 1040. The number of rotatable bonds is 46. The van der Waals surface area contributed by atoms with Crippen LogP contribution < -0.4 is 0 Å². The fourth-order valence-electron chi connectivity index (χ4n) is 7.62. The van der Waals surface area contributed by atoms with Crippen LogP contribution in [0.25, 0.3) is 0 Å². The Labute approximate surface area is 410 Å². The van der Waals surface area contributed by atoms with E-state index in [2.05, 4.69) is 60.4 Å². The van der Waals surface area contributed by atoms with Gasteiger partial charge in [0.1, 0.15) is 0 Å². The second kappa shape index (κ2) is 51.5. The van der Waals surface area contributed by atoms with Crippen molar-refractivity contribution >= 4 is 58.5 Å². The van der Waals surface area contributed by atoms with Gasteiger partial charge in [0.25, 0.3) is 0 Å². The zero-order valence-corrected chi connectivity index (χ0v) is 44.4. The van der Waals surface area contributed by atoms with E-state index < -0.39 is 20.8 Å². The van der Waals surface area contributed by atoms with Crippen molar-refractivity contribution in [3.8, 4) is 0 Å². The Balaban J connectivity index is -0.00000109. The van der Waals surface area contributed by atoms with Gasteiger partial charge in [0.2, 0.25) is 20.8 Å². The first-order valence-electron chi connectivity index (χ1n) is 25.5. The molecule has 61 heavy (non-hydrogen) atoms. The van der Waals surface area contributed by atoms with E-state index >= 15 is 0 Å². The van der Waals surface area contributed by atoms with Crippen molar-refractivity contribution in [3.05, 3.63) is 24.3 Å². The summed E-state index contributed by atoms with van der Waals surface area (Å²) in [5, 5.41) is 0. The van der Waals surface area contributed by atoms with Crippen molar-refractivity contribution in [1.29, 1.82) is 0 Å². The molecule has 0 aromatic rings. The van der Waals surface area contributed by atoms with Gasteiger partial charge in [-0.15, -0.1) is 0 Å². The van der Waals surface area contributed by atoms with Gasteiger partial charge in [-0.05, 0) is 38.5 Å². The maximum absolute atomic E-state index is 10.8. The van der Waals surface area contributed by atoms with E-state index in [9.17, 15) is 25.9 Å². The van der Waals surface area contributed by atoms with E-state index in [0.29, 0.717) is 0 Å². The van der Waals surface area contributed by atoms with Crippen LogP contribution in [0.4, 0.5) is 0 Å². The molecule has 0 saturated carbocycles. The third-order valence-corrected chi connectivity index (χ3v) is 12.3. The minimum Gasteiger partial charge on any atom is -0.726 e. The molecule has 0 aromatic carbocycles. The summed E-state index contributed by atoms with van der Waals surface area (Å²) in [7, 11) is -9.21. The van der Waals surface area contributed by atoms with Gasteiger partial charge < -0.3 is 9.11 Å². The fourth-order valence-corrected chi connectivity index (χ4v) is 8.30. The van der Waals surface area contributed by atoms with E-state index in [1.807, 2.05) is 0 Å². The van der Waals surface area contributed by atoms with Gasteiger partial charge in [-0.2, -0.15) is 0 Å². The van der Waals surface area contributed by atoms with E-state index in [4.69, 9.17) is 0 Å². The molecule has 0 aliphatic rings. The van der Waals surface area contributed by atoms with Crippen molar-refractivity contribution in [3.63, 3.8) is 0 Å². The Morgan fingerprint density at radius 1 is 0.361 bits per heavy atom. The molecule has 0 N–H and O–H groups in total. The first-order valence-corrected chi connectivity index (χ1v) is 28.2. The van der Waals surface area contributed by atoms with Gasteiger partial charge in [0.05, 0.1) is 13.2 Å². The van der Waals surface area contributed by atoms with Crippen molar-refractivity contribution in [2.45, 2.75) is 272 Å². The fraction of sp³-hybridized carbons (Fsp3) is 0.920. The minimum atomic E-state index is -4.61. The molecule has 8 nitrogen and oxygen atoms in total. The molecule has 0 aliphatic heterocycles. The summed E-state index contributed by atoms with van der Waals surface area (Å²) < 4.78 is 73.8. The number of hydrogen-bond acceptors (Lipinski definition) is 8. The van der Waals surface area contributed by atoms with Crippen LogP contribution in [0.15, 0.2) is 24.3 Å². The van der Waals surface area contributed by atoms with Crippen molar-refractivity contribution in [1.82, 2.24) is 0 Å². The van der Waals surface area contributed by atoms with Gasteiger partial charge in [0.15, 0.2) is 0 Å². The molecule has 2 unspecified atom stereocenters. The van der Waals surface area contributed by atoms with E-state index in [1.54, 1.807) is 0 Å². The predicted molar refractivity (Wildman–Crippen MR) is 260 cm³/mol. The average Bonchev–Trinajstić information content (AvgIpc) is 3.21. The maximum Gasteiger partial charge on any atom is 2.00 e. The SMILES string of the molecule is CCCCCCCC/C=C/C(CCCCCCCCCCCCC)COS(=O)(=O)[O-].CCCCCCCC/C=C/C(CCCCCCCCCCCCC)COS(=O)(=O)[O-].[Ca+2]. The molecule has 0 rings (SSSR count). The number of hydrogen-bond donors (Lipinski definition) is 0. The molecule has 0 heterocycles. The topological polar surface area (TPSA) is 133 Å². The minimum absolute atomic E-state index is 0. The summed E-state index contributed by atoms with van der Waals surface area (Å²) in [6.45, 7) is 8.92. The molecule has 0 saturated heterocycles. The third kappa shape index (κ3) is 60.5. The molecule has 11 heteroatoms. The Kier molecular flexibility index (Phi) is 55.5. The molecule has 0 bridgehead atoms. The molecule has 0 fully saturated rings. The van der Waals surface area contributed by atoms with Crippen LogP contribution in [0.5, 0.6) is 0 Å². The average molecular weight is 932 g/mol. The monoisotopic (exact) mass is 931 g/mol. The zero-order valence-electron chi connectivity index (χ0n) is 40.5. The summed E-state index contributed by atoms with van der Waals surface area (Å²) >= 11 is 0. The quantitative estimate of drug-likeness (QED) is 0.0194. The Morgan fingerprint density at radius 3 is 0.803 bits per heavy atom. The molecule has 2 atom stereocenters. The normalized spacial score (nSPS) is 13.1. The molecular formula is C50H98CaO8S2. The molecular weight excluding hydrogens is 833 g/mol. The van der Waals surface area contributed by atoms with Crippen molar-refractivity contribution in [2.75, 3.05) is 13.2 Å². The second-order valence-corrected chi connectivity index (χ2v) is 19.6. The van der Waals surface area contributed by atoms with Crippen LogP contribution >= 0.6 is 0 Å². The number of allylic oxidation sites excluding steroid dienone is 2. The van der Waals surface area contributed by atoms with Gasteiger partial charge >= 0.3 is 37.7 Å². The molecule has 0 aliphatic carbocycles. The number of unbranched alkanes of at least 4 members (excludes halogenated alkanes) is 32.